The minimum Gasteiger partial charge on any atom is -0.453 e. The Morgan fingerprint density at radius 1 is 1.39 bits per heavy atom. The number of benzene rings is 1. The van der Waals surface area contributed by atoms with Crippen LogP contribution in [0.4, 0.5) is 5.95 Å². The molecule has 1 aromatic carbocycles. The van der Waals surface area contributed by atoms with Crippen LogP contribution in [0.15, 0.2) is 52.6 Å². The molecule has 4 heterocycles. The van der Waals surface area contributed by atoms with Crippen molar-refractivity contribution in [3.05, 3.63) is 63.7 Å². The quantitative estimate of drug-likeness (QED) is 0.174. The van der Waals surface area contributed by atoms with Crippen molar-refractivity contribution in [2.45, 2.75) is 44.0 Å². The van der Waals surface area contributed by atoms with Crippen molar-refractivity contribution in [3.63, 3.8) is 0 Å². The molecule has 202 valence electrons. The highest BCUT2D eigenvalue weighted by molar-refractivity contribution is 8.60. The lowest BCUT2D eigenvalue weighted by atomic mass is 9.96. The standard InChI is InChI=1S/C22H25N6O8PS/c1-11(12-6-4-3-5-7-12)35-19(31)13-9-38-37(33,27-13)34-8-14-16(29)22(2,32)20(36-14)28-10-24-15-17(28)25-21(23)26-18(15)30/h3-7,9-11,14,16,20,27,29,32-33H,8H2,1-2H3,(H2-,23,25,26,30)/p+1/t11?,14?,16-,20-,22-,37?/m1/s1. The molecule has 0 radical (unpaired) electrons. The molecular formula is C22H26N6O8PS+. The molecule has 2 aliphatic heterocycles. The Morgan fingerprint density at radius 3 is 2.87 bits per heavy atom. The van der Waals surface area contributed by atoms with E-state index in [1.165, 1.54) is 23.2 Å². The smallest absolute Gasteiger partial charge is 0.440 e. The number of aromatic amines is 1. The number of imidazole rings is 1. The Morgan fingerprint density at radius 2 is 2.13 bits per heavy atom. The number of carbonyl (C=O) groups is 1. The zero-order valence-electron chi connectivity index (χ0n) is 20.2. The van der Waals surface area contributed by atoms with Crippen LogP contribution in [0.25, 0.3) is 11.2 Å². The van der Waals surface area contributed by atoms with Crippen molar-refractivity contribution >= 4 is 41.5 Å². The minimum atomic E-state index is -3.39. The summed E-state index contributed by atoms with van der Waals surface area (Å²) in [6.07, 6.45) is -3.01. The van der Waals surface area contributed by atoms with Crippen molar-refractivity contribution in [2.24, 2.45) is 0 Å². The van der Waals surface area contributed by atoms with Gasteiger partial charge in [-0.1, -0.05) is 30.3 Å². The summed E-state index contributed by atoms with van der Waals surface area (Å²) in [5, 5.41) is 25.9. The summed E-state index contributed by atoms with van der Waals surface area (Å²) in [6.45, 7) is 2.75. The Balaban J connectivity index is 1.23. The van der Waals surface area contributed by atoms with E-state index >= 15 is 0 Å². The monoisotopic (exact) mass is 565 g/mol. The van der Waals surface area contributed by atoms with Gasteiger partial charge >= 0.3 is 13.0 Å². The van der Waals surface area contributed by atoms with Gasteiger partial charge in [0.1, 0.15) is 41.9 Å². The SMILES string of the molecule is CC(OC(=O)C1=CS[P+](O)(OCC2O[C@@H](n3cnc4c(=O)[nH]c(N)nc43)[C@](C)(O)[C@@H]2O)N1)c1ccccc1. The lowest BCUT2D eigenvalue weighted by molar-refractivity contribution is -0.144. The number of hydrogen-bond acceptors (Lipinski definition) is 13. The molecule has 0 saturated carbocycles. The first kappa shape index (κ1) is 26.6. The van der Waals surface area contributed by atoms with E-state index in [4.69, 9.17) is 19.7 Å². The molecule has 0 amide bonds. The number of hydrogen-bond donors (Lipinski definition) is 6. The lowest BCUT2D eigenvalue weighted by Crippen LogP contribution is -2.44. The number of anilines is 1. The van der Waals surface area contributed by atoms with Crippen LogP contribution in [0.1, 0.15) is 31.7 Å². The number of H-pyrrole nitrogens is 1. The van der Waals surface area contributed by atoms with E-state index < -0.39 is 48.7 Å². The predicted octanol–water partition coefficient (Wildman–Crippen LogP) is 0.880. The maximum absolute atomic E-state index is 12.6. The van der Waals surface area contributed by atoms with Gasteiger partial charge in [0.15, 0.2) is 23.1 Å². The highest BCUT2D eigenvalue weighted by atomic mass is 32.7. The third kappa shape index (κ3) is 4.89. The molecule has 2 aliphatic rings. The first-order chi connectivity index (χ1) is 18.0. The molecule has 0 spiro atoms. The number of nitrogens with two attached hydrogens (primary N) is 1. The number of aromatic nitrogens is 4. The molecule has 7 N–H and O–H groups in total. The van der Waals surface area contributed by atoms with Crippen LogP contribution in [0.3, 0.4) is 0 Å². The Kier molecular flexibility index (Phi) is 6.94. The van der Waals surface area contributed by atoms with Gasteiger partial charge in [-0.3, -0.25) is 14.3 Å². The van der Waals surface area contributed by atoms with E-state index in [0.29, 0.717) is 0 Å². The maximum atomic E-state index is 12.6. The summed E-state index contributed by atoms with van der Waals surface area (Å²) in [4.78, 5) is 46.0. The van der Waals surface area contributed by atoms with E-state index in [1.54, 1.807) is 6.92 Å². The topological polar surface area (TPSA) is 207 Å². The second-order valence-corrected chi connectivity index (χ2v) is 13.1. The van der Waals surface area contributed by atoms with Crippen LogP contribution < -0.4 is 16.4 Å². The Labute approximate surface area is 220 Å². The fourth-order valence-corrected chi connectivity index (χ4v) is 7.21. The highest BCUT2D eigenvalue weighted by Crippen LogP contribution is 2.68. The Hall–Kier alpha value is -3.04. The molecule has 1 fully saturated rings. The molecule has 2 aromatic heterocycles. The number of nitrogens with zero attached hydrogens (tertiary/aromatic N) is 3. The number of nitrogens with one attached hydrogen (secondary N) is 2. The summed E-state index contributed by atoms with van der Waals surface area (Å²) >= 11 is 0.886. The van der Waals surface area contributed by atoms with Gasteiger partial charge in [0.05, 0.1) is 11.7 Å². The largest absolute Gasteiger partial charge is 0.453 e. The molecule has 38 heavy (non-hydrogen) atoms. The second-order valence-electron chi connectivity index (χ2n) is 9.00. The van der Waals surface area contributed by atoms with Crippen LogP contribution in [0, 0.1) is 0 Å². The molecule has 3 unspecified atom stereocenters. The normalized spacial score (nSPS) is 29.7. The van der Waals surface area contributed by atoms with Gasteiger partial charge in [0.25, 0.3) is 5.56 Å². The van der Waals surface area contributed by atoms with Gasteiger partial charge in [-0.25, -0.2) is 9.78 Å². The number of esters is 1. The van der Waals surface area contributed by atoms with Gasteiger partial charge in [0.2, 0.25) is 5.95 Å². The van der Waals surface area contributed by atoms with E-state index in [2.05, 4.69) is 20.0 Å². The van der Waals surface area contributed by atoms with Crippen LogP contribution in [-0.4, -0.2) is 65.0 Å². The molecule has 5 rings (SSSR count). The fourth-order valence-electron chi connectivity index (χ4n) is 4.17. The molecule has 1 saturated heterocycles. The first-order valence-corrected chi connectivity index (χ1v) is 14.6. The molecular weight excluding hydrogens is 539 g/mol. The number of aliphatic hydroxyl groups excluding tert-OH is 1. The third-order valence-electron chi connectivity index (χ3n) is 6.22. The summed E-state index contributed by atoms with van der Waals surface area (Å²) < 4.78 is 18.3. The first-order valence-electron chi connectivity index (χ1n) is 11.5. The molecule has 16 heteroatoms. The zero-order chi connectivity index (χ0) is 27.2. The maximum Gasteiger partial charge on any atom is 0.440 e. The van der Waals surface area contributed by atoms with Gasteiger partial charge < -0.3 is 25.4 Å². The fraction of sp³-hybridized carbons (Fsp3) is 0.364. The second kappa shape index (κ2) is 9.93. The van der Waals surface area contributed by atoms with E-state index in [0.717, 1.165) is 16.9 Å². The van der Waals surface area contributed by atoms with Gasteiger partial charge in [0, 0.05) is 0 Å². The minimum absolute atomic E-state index is 0.0216. The lowest BCUT2D eigenvalue weighted by Gasteiger charge is -2.27. The molecule has 0 aliphatic carbocycles. The summed E-state index contributed by atoms with van der Waals surface area (Å²) in [5.41, 5.74) is 4.11. The third-order valence-corrected chi connectivity index (χ3v) is 9.63. The van der Waals surface area contributed by atoms with E-state index in [1.807, 2.05) is 30.3 Å². The van der Waals surface area contributed by atoms with Gasteiger partial charge in [-0.05, 0) is 19.4 Å². The van der Waals surface area contributed by atoms with E-state index in [9.17, 15) is 24.7 Å². The van der Waals surface area contributed by atoms with Crippen molar-refractivity contribution in [1.82, 2.24) is 24.6 Å². The average Bonchev–Trinajstić information content (AvgIpc) is 3.54. The number of carbonyl (C=O) groups excluding carboxylic acids is 1. The van der Waals surface area contributed by atoms with Crippen LogP contribution >= 0.6 is 18.5 Å². The zero-order valence-corrected chi connectivity index (χ0v) is 21.9. The van der Waals surface area contributed by atoms with Crippen LogP contribution in [0.5, 0.6) is 0 Å². The van der Waals surface area contributed by atoms with Crippen molar-refractivity contribution in [1.29, 1.82) is 0 Å². The summed E-state index contributed by atoms with van der Waals surface area (Å²) in [7, 11) is -3.39. The average molecular weight is 566 g/mol. The van der Waals surface area contributed by atoms with Crippen LogP contribution in [-0.2, 0) is 18.8 Å². The van der Waals surface area contributed by atoms with Crippen LogP contribution in [0.2, 0.25) is 0 Å². The van der Waals surface area contributed by atoms with Gasteiger partial charge in [-0.2, -0.15) is 19.5 Å². The highest BCUT2D eigenvalue weighted by Gasteiger charge is 2.56. The summed E-state index contributed by atoms with van der Waals surface area (Å²) in [5.74, 6) is -0.819. The number of nitrogen functional groups attached to an aromatic ring is 1. The van der Waals surface area contributed by atoms with Gasteiger partial charge in [-0.15, -0.1) is 0 Å². The molecule has 0 bridgehead atoms. The number of fused-ring (bicyclic) bond motifs is 1. The van der Waals surface area contributed by atoms with E-state index in [-0.39, 0.29) is 29.4 Å². The van der Waals surface area contributed by atoms with Crippen molar-refractivity contribution in [2.75, 3.05) is 12.3 Å². The molecule has 14 nitrogen and oxygen atoms in total. The number of ether oxygens (including phenoxy) is 2. The van der Waals surface area contributed by atoms with Crippen molar-refractivity contribution in [3.8, 4) is 0 Å². The molecule has 3 aromatic rings. The predicted molar refractivity (Wildman–Crippen MR) is 138 cm³/mol. The summed E-state index contributed by atoms with van der Waals surface area (Å²) in [6, 6.07) is 9.20. The number of rotatable bonds is 7. The van der Waals surface area contributed by atoms with Crippen molar-refractivity contribution < 1.29 is 33.9 Å². The number of aliphatic hydroxyl groups is 2. The molecule has 6 atom stereocenters. The Bertz CT molecular complexity index is 1450.